The highest BCUT2D eigenvalue weighted by molar-refractivity contribution is 7.82. The van der Waals surface area contributed by atoms with Crippen molar-refractivity contribution in [2.45, 2.75) is 110 Å². The zero-order valence-corrected chi connectivity index (χ0v) is 17.8. The highest BCUT2D eigenvalue weighted by Crippen LogP contribution is 2.14. The van der Waals surface area contributed by atoms with Crippen molar-refractivity contribution < 1.29 is 21.6 Å². The lowest BCUT2D eigenvalue weighted by Crippen LogP contribution is -2.13. The molecule has 0 aliphatic rings. The zero-order valence-electron chi connectivity index (χ0n) is 17.0. The summed E-state index contributed by atoms with van der Waals surface area (Å²) in [5.41, 5.74) is 0. The Balaban J connectivity index is 0. The van der Waals surface area contributed by atoms with Crippen molar-refractivity contribution in [1.82, 2.24) is 6.15 Å². The Morgan fingerprint density at radius 1 is 0.692 bits per heavy atom. The van der Waals surface area contributed by atoms with Gasteiger partial charge in [-0.05, 0) is 6.42 Å². The van der Waals surface area contributed by atoms with Crippen molar-refractivity contribution in [2.24, 2.45) is 0 Å². The van der Waals surface area contributed by atoms with E-state index in [1.54, 1.807) is 0 Å². The average Bonchev–Trinajstić information content (AvgIpc) is 2.58. The number of carbonyl (C=O) groups excluding carboxylic acids is 1. The fourth-order valence-corrected chi connectivity index (χ4v) is 3.21. The molecule has 0 aliphatic heterocycles. The molecule has 0 bridgehead atoms. The lowest BCUT2D eigenvalue weighted by Gasteiger charge is -2.04. The van der Waals surface area contributed by atoms with E-state index in [1.807, 2.05) is 0 Å². The van der Waals surface area contributed by atoms with Gasteiger partial charge in [-0.25, -0.2) is 4.18 Å². The van der Waals surface area contributed by atoms with Gasteiger partial charge in [0.25, 0.3) is 0 Å². The van der Waals surface area contributed by atoms with E-state index in [4.69, 9.17) is 0 Å². The highest BCUT2D eigenvalue weighted by atomic mass is 32.3. The van der Waals surface area contributed by atoms with E-state index in [-0.39, 0.29) is 12.6 Å². The molecule has 0 heterocycles. The molecule has 0 fully saturated rings. The first-order valence-electron chi connectivity index (χ1n) is 10.0. The molecule has 0 spiro atoms. The summed E-state index contributed by atoms with van der Waals surface area (Å²) >= 11 is 0. The van der Waals surface area contributed by atoms with Crippen LogP contribution >= 0.6 is 0 Å². The monoisotopic (exact) mass is 395 g/mol. The van der Waals surface area contributed by atoms with Crippen LogP contribution in [0.15, 0.2) is 0 Å². The van der Waals surface area contributed by atoms with E-state index >= 15 is 0 Å². The molecule has 0 radical (unpaired) electrons. The van der Waals surface area contributed by atoms with Crippen LogP contribution in [0.1, 0.15) is 110 Å². The van der Waals surface area contributed by atoms with Gasteiger partial charge in [-0.3, -0.25) is 4.79 Å². The summed E-state index contributed by atoms with van der Waals surface area (Å²) in [7, 11) is -3.17. The maximum atomic E-state index is 11.3. The minimum atomic E-state index is -4.14. The fraction of sp³-hybridized carbons (Fsp3) is 0.947. The molecule has 3 N–H and O–H groups in total. The largest absolute Gasteiger partial charge is 0.451 e. The molecule has 0 atom stereocenters. The van der Waals surface area contributed by atoms with E-state index in [2.05, 4.69) is 15.3 Å². The smallest absolute Gasteiger partial charge is 0.344 e. The molecule has 0 amide bonds. The fourth-order valence-electron chi connectivity index (χ4n) is 2.83. The Labute approximate surface area is 161 Å². The minimum Gasteiger partial charge on any atom is -0.344 e. The van der Waals surface area contributed by atoms with E-state index in [0.29, 0.717) is 6.42 Å². The minimum absolute atomic E-state index is 0. The molecule has 0 aliphatic carbocycles. The molecule has 0 aromatic carbocycles. The van der Waals surface area contributed by atoms with Crippen molar-refractivity contribution in [3.8, 4) is 0 Å². The van der Waals surface area contributed by atoms with Crippen LogP contribution in [0.3, 0.4) is 0 Å². The summed E-state index contributed by atoms with van der Waals surface area (Å²) in [6.45, 7) is 2.25. The molecule has 0 saturated heterocycles. The number of hydrogen-bond acceptors (Lipinski definition) is 6. The van der Waals surface area contributed by atoms with E-state index in [0.717, 1.165) is 20.0 Å². The summed E-state index contributed by atoms with van der Waals surface area (Å²) in [4.78, 5) is 11.3. The third-order valence-corrected chi connectivity index (χ3v) is 5.18. The Morgan fingerprint density at radius 2 is 1.04 bits per heavy atom. The van der Waals surface area contributed by atoms with Crippen molar-refractivity contribution in [3.05, 3.63) is 0 Å². The molecule has 0 saturated carbocycles. The van der Waals surface area contributed by atoms with Gasteiger partial charge in [0, 0.05) is 6.42 Å². The number of hydrogen-bond donors (Lipinski definition) is 1. The Hall–Kier alpha value is -0.660. The lowest BCUT2D eigenvalue weighted by molar-refractivity contribution is -0.134. The Morgan fingerprint density at radius 3 is 1.38 bits per heavy atom. The molecule has 0 aromatic rings. The normalized spacial score (nSPS) is 11.2. The van der Waals surface area contributed by atoms with Crippen molar-refractivity contribution >= 4 is 16.4 Å². The second-order valence-electron chi connectivity index (χ2n) is 6.73. The molecule has 0 aromatic heterocycles. The van der Waals surface area contributed by atoms with Gasteiger partial charge in [0.15, 0.2) is 0 Å². The van der Waals surface area contributed by atoms with E-state index < -0.39 is 16.4 Å². The van der Waals surface area contributed by atoms with Crippen LogP contribution in [-0.2, 0) is 23.6 Å². The standard InChI is InChI=1S/C19H38O5S.H3N/c1-3-4-5-6-7-8-9-10-11-12-13-14-15-16-17-18-19(20)24-25(21,22)23-2;/h3-18H2,1-2H3;1H3. The van der Waals surface area contributed by atoms with Gasteiger partial charge in [-0.1, -0.05) is 96.8 Å². The van der Waals surface area contributed by atoms with Crippen molar-refractivity contribution in [3.63, 3.8) is 0 Å². The first kappa shape index (κ1) is 27.6. The molecular formula is C19H41NO5S. The number of carbonyl (C=O) groups is 1. The van der Waals surface area contributed by atoms with Crippen LogP contribution in [0.2, 0.25) is 0 Å². The second-order valence-corrected chi connectivity index (χ2v) is 8.05. The summed E-state index contributed by atoms with van der Waals surface area (Å²) < 4.78 is 30.1. The van der Waals surface area contributed by atoms with E-state index in [1.165, 1.54) is 77.0 Å². The zero-order chi connectivity index (χ0) is 18.8. The van der Waals surface area contributed by atoms with Gasteiger partial charge in [0.05, 0.1) is 7.11 Å². The number of rotatable bonds is 18. The maximum absolute atomic E-state index is 11.3. The second kappa shape index (κ2) is 19.1. The van der Waals surface area contributed by atoms with Crippen molar-refractivity contribution in [2.75, 3.05) is 7.11 Å². The van der Waals surface area contributed by atoms with Gasteiger partial charge >= 0.3 is 16.4 Å². The molecule has 0 unspecified atom stereocenters. The van der Waals surface area contributed by atoms with Crippen LogP contribution in [0, 0.1) is 0 Å². The average molecular weight is 396 g/mol. The molecule has 0 rings (SSSR count). The highest BCUT2D eigenvalue weighted by Gasteiger charge is 2.15. The molecule has 6 nitrogen and oxygen atoms in total. The summed E-state index contributed by atoms with van der Waals surface area (Å²) in [6.07, 6.45) is 18.9. The van der Waals surface area contributed by atoms with Crippen LogP contribution in [0.4, 0.5) is 0 Å². The predicted octanol–water partition coefficient (Wildman–Crippen LogP) is 5.84. The van der Waals surface area contributed by atoms with Gasteiger partial charge in [0.1, 0.15) is 0 Å². The van der Waals surface area contributed by atoms with Crippen molar-refractivity contribution in [1.29, 1.82) is 0 Å². The van der Waals surface area contributed by atoms with Crippen LogP contribution < -0.4 is 6.15 Å². The SMILES string of the molecule is CCCCCCCCCCCCCCCCCC(=O)OS(=O)(=O)OC.N. The maximum Gasteiger partial charge on any atom is 0.451 e. The van der Waals surface area contributed by atoms with Gasteiger partial charge in [-0.2, -0.15) is 8.42 Å². The van der Waals surface area contributed by atoms with Gasteiger partial charge in [0.2, 0.25) is 0 Å². The first-order chi connectivity index (χ1) is 12.0. The van der Waals surface area contributed by atoms with Gasteiger partial charge < -0.3 is 10.3 Å². The Kier molecular flexibility index (Phi) is 20.3. The molecular weight excluding hydrogens is 354 g/mol. The Bertz CT molecular complexity index is 412. The summed E-state index contributed by atoms with van der Waals surface area (Å²) in [6, 6.07) is 0. The summed E-state index contributed by atoms with van der Waals surface area (Å²) in [5, 5.41) is 0. The molecule has 158 valence electrons. The first-order valence-corrected chi connectivity index (χ1v) is 11.4. The predicted molar refractivity (Wildman–Crippen MR) is 107 cm³/mol. The number of unbranched alkanes of at least 4 members (excludes halogenated alkanes) is 14. The van der Waals surface area contributed by atoms with Crippen LogP contribution in [0.25, 0.3) is 0 Å². The van der Waals surface area contributed by atoms with Crippen LogP contribution in [0.5, 0.6) is 0 Å². The molecule has 26 heavy (non-hydrogen) atoms. The molecule has 7 heteroatoms. The van der Waals surface area contributed by atoms with Gasteiger partial charge in [-0.15, -0.1) is 0 Å². The lowest BCUT2D eigenvalue weighted by atomic mass is 10.0. The quantitative estimate of drug-likeness (QED) is 0.292. The van der Waals surface area contributed by atoms with E-state index in [9.17, 15) is 13.2 Å². The third-order valence-electron chi connectivity index (χ3n) is 4.38. The third kappa shape index (κ3) is 19.7. The van der Waals surface area contributed by atoms with Crippen LogP contribution in [-0.4, -0.2) is 21.5 Å². The topological polar surface area (TPSA) is 105 Å². The summed E-state index contributed by atoms with van der Waals surface area (Å²) in [5.74, 6) is -0.739.